The third-order valence-electron chi connectivity index (χ3n) is 4.42. The molecule has 1 fully saturated rings. The average molecular weight is 278 g/mol. The SMILES string of the molecule is CCCNC1CCN(Cc2cc(CC)nn2C)CC1C. The van der Waals surface area contributed by atoms with Crippen LogP contribution in [0.15, 0.2) is 6.07 Å². The van der Waals surface area contributed by atoms with Gasteiger partial charge in [-0.3, -0.25) is 9.58 Å². The summed E-state index contributed by atoms with van der Waals surface area (Å²) in [6.45, 7) is 11.3. The van der Waals surface area contributed by atoms with Crippen LogP contribution in [-0.2, 0) is 20.0 Å². The van der Waals surface area contributed by atoms with Crippen LogP contribution in [0.4, 0.5) is 0 Å². The Bertz CT molecular complexity index is 413. The number of nitrogens with one attached hydrogen (secondary N) is 1. The summed E-state index contributed by atoms with van der Waals surface area (Å²) >= 11 is 0. The number of likely N-dealkylation sites (tertiary alicyclic amines) is 1. The monoisotopic (exact) mass is 278 g/mol. The highest BCUT2D eigenvalue weighted by atomic mass is 15.3. The predicted molar refractivity (Wildman–Crippen MR) is 83.7 cm³/mol. The zero-order valence-electron chi connectivity index (χ0n) is 13.5. The highest BCUT2D eigenvalue weighted by Crippen LogP contribution is 2.19. The topological polar surface area (TPSA) is 33.1 Å². The molecule has 0 saturated carbocycles. The molecule has 114 valence electrons. The highest BCUT2D eigenvalue weighted by molar-refractivity contribution is 5.10. The number of piperidine rings is 1. The van der Waals surface area contributed by atoms with Crippen molar-refractivity contribution in [3.63, 3.8) is 0 Å². The molecule has 20 heavy (non-hydrogen) atoms. The first-order chi connectivity index (χ1) is 9.63. The smallest absolute Gasteiger partial charge is 0.0625 e. The molecular formula is C16H30N4. The van der Waals surface area contributed by atoms with Crippen LogP contribution in [0.25, 0.3) is 0 Å². The molecule has 1 N–H and O–H groups in total. The Balaban J connectivity index is 1.87. The molecule has 1 saturated heterocycles. The fraction of sp³-hybridized carbons (Fsp3) is 0.812. The van der Waals surface area contributed by atoms with Gasteiger partial charge in [-0.1, -0.05) is 20.8 Å². The number of aryl methyl sites for hydroxylation is 2. The summed E-state index contributed by atoms with van der Waals surface area (Å²) < 4.78 is 2.05. The van der Waals surface area contributed by atoms with Crippen LogP contribution in [0.1, 0.15) is 45.0 Å². The van der Waals surface area contributed by atoms with Gasteiger partial charge in [-0.05, 0) is 37.8 Å². The third-order valence-corrected chi connectivity index (χ3v) is 4.42. The van der Waals surface area contributed by atoms with E-state index in [1.807, 2.05) is 4.68 Å². The fourth-order valence-electron chi connectivity index (χ4n) is 3.13. The van der Waals surface area contributed by atoms with E-state index in [2.05, 4.69) is 49.2 Å². The lowest BCUT2D eigenvalue weighted by atomic mass is 9.93. The summed E-state index contributed by atoms with van der Waals surface area (Å²) in [5.41, 5.74) is 2.55. The summed E-state index contributed by atoms with van der Waals surface area (Å²) in [4.78, 5) is 2.57. The summed E-state index contributed by atoms with van der Waals surface area (Å²) in [7, 11) is 2.06. The molecule has 2 unspecified atom stereocenters. The minimum atomic E-state index is 0.698. The van der Waals surface area contributed by atoms with Gasteiger partial charge < -0.3 is 5.32 Å². The van der Waals surface area contributed by atoms with E-state index in [4.69, 9.17) is 0 Å². The van der Waals surface area contributed by atoms with Gasteiger partial charge in [-0.25, -0.2) is 0 Å². The molecule has 0 aromatic carbocycles. The molecule has 0 amide bonds. The minimum Gasteiger partial charge on any atom is -0.314 e. The molecule has 1 aromatic heterocycles. The molecule has 2 atom stereocenters. The second-order valence-electron chi connectivity index (χ2n) is 6.17. The van der Waals surface area contributed by atoms with Crippen LogP contribution in [0.3, 0.4) is 0 Å². The Morgan fingerprint density at radius 2 is 2.20 bits per heavy atom. The van der Waals surface area contributed by atoms with E-state index >= 15 is 0 Å². The summed E-state index contributed by atoms with van der Waals surface area (Å²) in [5.74, 6) is 0.731. The maximum Gasteiger partial charge on any atom is 0.0625 e. The molecule has 4 nitrogen and oxygen atoms in total. The van der Waals surface area contributed by atoms with Crippen molar-refractivity contribution in [1.29, 1.82) is 0 Å². The van der Waals surface area contributed by atoms with E-state index in [1.54, 1.807) is 0 Å². The molecule has 1 aromatic rings. The fourth-order valence-corrected chi connectivity index (χ4v) is 3.13. The second kappa shape index (κ2) is 7.23. The van der Waals surface area contributed by atoms with Crippen LogP contribution in [0, 0.1) is 5.92 Å². The molecule has 1 aliphatic heterocycles. The standard InChI is InChI=1S/C16H30N4/c1-5-8-17-16-7-9-20(11-13(16)3)12-15-10-14(6-2)18-19(15)4/h10,13,16-17H,5-9,11-12H2,1-4H3. The van der Waals surface area contributed by atoms with E-state index in [0.29, 0.717) is 6.04 Å². The van der Waals surface area contributed by atoms with Crippen LogP contribution in [0.5, 0.6) is 0 Å². The maximum absolute atomic E-state index is 4.55. The Labute approximate surface area is 123 Å². The minimum absolute atomic E-state index is 0.698. The summed E-state index contributed by atoms with van der Waals surface area (Å²) in [6, 6.07) is 2.95. The zero-order chi connectivity index (χ0) is 14.5. The van der Waals surface area contributed by atoms with E-state index in [9.17, 15) is 0 Å². The lowest BCUT2D eigenvalue weighted by Crippen LogP contribution is -2.48. The molecule has 2 heterocycles. The van der Waals surface area contributed by atoms with Crippen molar-refractivity contribution < 1.29 is 0 Å². The first-order valence-corrected chi connectivity index (χ1v) is 8.11. The van der Waals surface area contributed by atoms with Crippen molar-refractivity contribution >= 4 is 0 Å². The molecule has 0 aliphatic carbocycles. The van der Waals surface area contributed by atoms with Crippen molar-refractivity contribution in [2.45, 2.75) is 52.6 Å². The molecule has 0 spiro atoms. The maximum atomic E-state index is 4.55. The van der Waals surface area contributed by atoms with Gasteiger partial charge in [0.2, 0.25) is 0 Å². The van der Waals surface area contributed by atoms with Gasteiger partial charge in [-0.2, -0.15) is 5.10 Å². The van der Waals surface area contributed by atoms with Gasteiger partial charge in [0.15, 0.2) is 0 Å². The largest absolute Gasteiger partial charge is 0.314 e. The van der Waals surface area contributed by atoms with E-state index < -0.39 is 0 Å². The second-order valence-corrected chi connectivity index (χ2v) is 6.17. The van der Waals surface area contributed by atoms with E-state index in [-0.39, 0.29) is 0 Å². The molecular weight excluding hydrogens is 248 g/mol. The zero-order valence-corrected chi connectivity index (χ0v) is 13.5. The molecule has 4 heteroatoms. The Morgan fingerprint density at radius 1 is 1.40 bits per heavy atom. The van der Waals surface area contributed by atoms with Crippen molar-refractivity contribution in [1.82, 2.24) is 20.0 Å². The van der Waals surface area contributed by atoms with Crippen molar-refractivity contribution in [3.8, 4) is 0 Å². The van der Waals surface area contributed by atoms with E-state index in [0.717, 1.165) is 25.4 Å². The molecule has 1 aliphatic rings. The quantitative estimate of drug-likeness (QED) is 0.866. The Kier molecular flexibility index (Phi) is 5.61. The van der Waals surface area contributed by atoms with Crippen molar-refractivity contribution in [2.24, 2.45) is 13.0 Å². The summed E-state index contributed by atoms with van der Waals surface area (Å²) in [6.07, 6.45) is 3.51. The third kappa shape index (κ3) is 3.83. The first-order valence-electron chi connectivity index (χ1n) is 8.11. The summed E-state index contributed by atoms with van der Waals surface area (Å²) in [5, 5.41) is 8.23. The van der Waals surface area contributed by atoms with Crippen molar-refractivity contribution in [2.75, 3.05) is 19.6 Å². The Hall–Kier alpha value is -0.870. The lowest BCUT2D eigenvalue weighted by Gasteiger charge is -2.37. The number of aromatic nitrogens is 2. The molecule has 0 radical (unpaired) electrons. The normalized spacial score (nSPS) is 24.2. The number of nitrogens with zero attached hydrogens (tertiary/aromatic N) is 3. The number of hydrogen-bond acceptors (Lipinski definition) is 3. The average Bonchev–Trinajstić information content (AvgIpc) is 2.78. The van der Waals surface area contributed by atoms with Crippen LogP contribution in [-0.4, -0.2) is 40.4 Å². The lowest BCUT2D eigenvalue weighted by molar-refractivity contribution is 0.138. The van der Waals surface area contributed by atoms with Crippen LogP contribution < -0.4 is 5.32 Å². The number of rotatable bonds is 6. The van der Waals surface area contributed by atoms with Crippen LogP contribution >= 0.6 is 0 Å². The van der Waals surface area contributed by atoms with Gasteiger partial charge in [-0.15, -0.1) is 0 Å². The van der Waals surface area contributed by atoms with Gasteiger partial charge in [0, 0.05) is 32.7 Å². The first kappa shape index (κ1) is 15.5. The van der Waals surface area contributed by atoms with Gasteiger partial charge >= 0.3 is 0 Å². The highest BCUT2D eigenvalue weighted by Gasteiger charge is 2.25. The van der Waals surface area contributed by atoms with Crippen molar-refractivity contribution in [3.05, 3.63) is 17.5 Å². The van der Waals surface area contributed by atoms with E-state index in [1.165, 1.54) is 37.3 Å². The molecule has 2 rings (SSSR count). The van der Waals surface area contributed by atoms with Crippen LogP contribution in [0.2, 0.25) is 0 Å². The van der Waals surface area contributed by atoms with Gasteiger partial charge in [0.25, 0.3) is 0 Å². The predicted octanol–water partition coefficient (Wildman–Crippen LogP) is 2.19. The van der Waals surface area contributed by atoms with Gasteiger partial charge in [0.05, 0.1) is 11.4 Å². The van der Waals surface area contributed by atoms with Gasteiger partial charge in [0.1, 0.15) is 0 Å². The number of hydrogen-bond donors (Lipinski definition) is 1. The Morgan fingerprint density at radius 3 is 2.80 bits per heavy atom. The molecule has 0 bridgehead atoms.